The van der Waals surface area contributed by atoms with E-state index in [9.17, 15) is 0 Å². The lowest BCUT2D eigenvalue weighted by Gasteiger charge is -2.01. The summed E-state index contributed by atoms with van der Waals surface area (Å²) < 4.78 is 0. The van der Waals surface area contributed by atoms with Crippen LogP contribution in [-0.2, 0) is 0 Å². The van der Waals surface area contributed by atoms with Crippen molar-refractivity contribution in [3.05, 3.63) is 33.8 Å². The number of hydrogen-bond donors (Lipinski definition) is 1. The fourth-order valence-electron chi connectivity index (χ4n) is 1.71. The van der Waals surface area contributed by atoms with Crippen molar-refractivity contribution < 1.29 is 0 Å². The van der Waals surface area contributed by atoms with Crippen LogP contribution in [0.2, 0.25) is 10.0 Å². The van der Waals surface area contributed by atoms with Gasteiger partial charge < -0.3 is 5.73 Å². The lowest BCUT2D eigenvalue weighted by molar-refractivity contribution is 0.810. The van der Waals surface area contributed by atoms with Crippen molar-refractivity contribution >= 4 is 23.2 Å². The molecule has 0 bridgehead atoms. The summed E-state index contributed by atoms with van der Waals surface area (Å²) in [7, 11) is 0. The first-order valence-corrected chi connectivity index (χ1v) is 5.12. The van der Waals surface area contributed by atoms with Crippen LogP contribution in [0.3, 0.4) is 0 Å². The van der Waals surface area contributed by atoms with Crippen molar-refractivity contribution in [1.82, 2.24) is 0 Å². The van der Waals surface area contributed by atoms with Gasteiger partial charge in [-0.05, 0) is 48.6 Å². The third-order valence-electron chi connectivity index (χ3n) is 2.54. The third kappa shape index (κ3) is 1.98. The molecule has 2 unspecified atom stereocenters. The van der Waals surface area contributed by atoms with Crippen LogP contribution in [-0.4, -0.2) is 6.54 Å². The minimum atomic E-state index is 0.584. The summed E-state index contributed by atoms with van der Waals surface area (Å²) in [4.78, 5) is 0. The normalized spacial score (nSPS) is 26.1. The van der Waals surface area contributed by atoms with Crippen molar-refractivity contribution in [2.45, 2.75) is 12.3 Å². The van der Waals surface area contributed by atoms with E-state index in [0.29, 0.717) is 21.9 Å². The van der Waals surface area contributed by atoms with Crippen LogP contribution in [0.5, 0.6) is 0 Å². The Morgan fingerprint density at radius 1 is 1.23 bits per heavy atom. The fraction of sp³-hybridized carbons (Fsp3) is 0.400. The highest BCUT2D eigenvalue weighted by atomic mass is 35.5. The second kappa shape index (κ2) is 3.49. The van der Waals surface area contributed by atoms with Gasteiger partial charge in [0.2, 0.25) is 0 Å². The molecule has 3 heteroatoms. The first-order chi connectivity index (χ1) is 6.20. The average molecular weight is 216 g/mol. The molecule has 13 heavy (non-hydrogen) atoms. The van der Waals surface area contributed by atoms with Crippen molar-refractivity contribution in [3.63, 3.8) is 0 Å². The molecule has 2 atom stereocenters. The Kier molecular flexibility index (Phi) is 2.50. The maximum Gasteiger partial charge on any atom is 0.0423 e. The van der Waals surface area contributed by atoms with E-state index in [2.05, 4.69) is 0 Å². The zero-order valence-electron chi connectivity index (χ0n) is 7.13. The van der Waals surface area contributed by atoms with E-state index in [-0.39, 0.29) is 0 Å². The average Bonchev–Trinajstić information content (AvgIpc) is 2.80. The molecule has 2 rings (SSSR count). The van der Waals surface area contributed by atoms with E-state index in [0.717, 1.165) is 6.54 Å². The molecular formula is C10H11Cl2N. The molecule has 70 valence electrons. The van der Waals surface area contributed by atoms with E-state index < -0.39 is 0 Å². The molecule has 0 aliphatic heterocycles. The third-order valence-corrected chi connectivity index (χ3v) is 2.97. The number of hydrogen-bond acceptors (Lipinski definition) is 1. The minimum Gasteiger partial charge on any atom is -0.330 e. The molecule has 1 fully saturated rings. The summed E-state index contributed by atoms with van der Waals surface area (Å²) in [5.74, 6) is 1.22. The maximum absolute atomic E-state index is 5.90. The predicted molar refractivity (Wildman–Crippen MR) is 56.4 cm³/mol. The molecule has 1 aliphatic carbocycles. The van der Waals surface area contributed by atoms with Crippen LogP contribution < -0.4 is 5.73 Å². The minimum absolute atomic E-state index is 0.584. The first-order valence-electron chi connectivity index (χ1n) is 4.37. The molecule has 1 nitrogen and oxygen atoms in total. The summed E-state index contributed by atoms with van der Waals surface area (Å²) in [5.41, 5.74) is 6.80. The van der Waals surface area contributed by atoms with Crippen molar-refractivity contribution in [1.29, 1.82) is 0 Å². The topological polar surface area (TPSA) is 26.0 Å². The van der Waals surface area contributed by atoms with Crippen LogP contribution in [0.15, 0.2) is 18.2 Å². The van der Waals surface area contributed by atoms with E-state index in [1.165, 1.54) is 12.0 Å². The van der Waals surface area contributed by atoms with Crippen LogP contribution in [0.1, 0.15) is 17.9 Å². The quantitative estimate of drug-likeness (QED) is 0.807. The van der Waals surface area contributed by atoms with Crippen molar-refractivity contribution in [3.8, 4) is 0 Å². The maximum atomic E-state index is 5.90. The Balaban J connectivity index is 2.22. The monoisotopic (exact) mass is 215 g/mol. The van der Waals surface area contributed by atoms with Crippen LogP contribution in [0.4, 0.5) is 0 Å². The zero-order valence-corrected chi connectivity index (χ0v) is 8.65. The standard InChI is InChI=1S/C10H11Cl2N/c11-8-1-6(2-9(12)4-8)10-3-7(10)5-13/h1-2,4,7,10H,3,5,13H2. The highest BCUT2D eigenvalue weighted by Gasteiger charge is 2.37. The molecule has 0 aromatic heterocycles. The van der Waals surface area contributed by atoms with E-state index in [1.54, 1.807) is 6.07 Å². The summed E-state index contributed by atoms with van der Waals surface area (Å²) in [5, 5.41) is 1.43. The summed E-state index contributed by atoms with van der Waals surface area (Å²) in [6.07, 6.45) is 1.17. The Morgan fingerprint density at radius 2 is 1.85 bits per heavy atom. The lowest BCUT2D eigenvalue weighted by atomic mass is 10.1. The summed E-state index contributed by atoms with van der Waals surface area (Å²) >= 11 is 11.8. The molecular weight excluding hydrogens is 205 g/mol. The van der Waals surface area contributed by atoms with Gasteiger partial charge in [0.05, 0.1) is 0 Å². The highest BCUT2D eigenvalue weighted by Crippen LogP contribution is 2.47. The molecule has 0 heterocycles. The SMILES string of the molecule is NCC1CC1c1cc(Cl)cc(Cl)c1. The number of rotatable bonds is 2. The van der Waals surface area contributed by atoms with Gasteiger partial charge in [0.1, 0.15) is 0 Å². The van der Waals surface area contributed by atoms with Crippen LogP contribution in [0.25, 0.3) is 0 Å². The summed E-state index contributed by atoms with van der Waals surface area (Å²) in [6, 6.07) is 5.72. The Morgan fingerprint density at radius 3 is 2.31 bits per heavy atom. The zero-order chi connectivity index (χ0) is 9.42. The number of halogens is 2. The van der Waals surface area contributed by atoms with Crippen molar-refractivity contribution in [2.24, 2.45) is 11.7 Å². The molecule has 1 aromatic rings. The molecule has 0 amide bonds. The fourth-order valence-corrected chi connectivity index (χ4v) is 2.25. The molecule has 1 saturated carbocycles. The number of nitrogens with two attached hydrogens (primary N) is 1. The smallest absolute Gasteiger partial charge is 0.0423 e. The summed E-state index contributed by atoms with van der Waals surface area (Å²) in [6.45, 7) is 0.759. The van der Waals surface area contributed by atoms with Gasteiger partial charge in [0.25, 0.3) is 0 Å². The van der Waals surface area contributed by atoms with Gasteiger partial charge in [0.15, 0.2) is 0 Å². The first kappa shape index (κ1) is 9.32. The van der Waals surface area contributed by atoms with Gasteiger partial charge in [-0.1, -0.05) is 23.2 Å². The predicted octanol–water partition coefficient (Wildman–Crippen LogP) is 3.06. The molecule has 2 N–H and O–H groups in total. The molecule has 0 radical (unpaired) electrons. The van der Waals surface area contributed by atoms with Crippen molar-refractivity contribution in [2.75, 3.05) is 6.54 Å². The second-order valence-corrected chi connectivity index (χ2v) is 4.41. The molecule has 0 spiro atoms. The van der Waals surface area contributed by atoms with Gasteiger partial charge >= 0.3 is 0 Å². The highest BCUT2D eigenvalue weighted by molar-refractivity contribution is 6.34. The second-order valence-electron chi connectivity index (χ2n) is 3.54. The van der Waals surface area contributed by atoms with Gasteiger partial charge in [-0.2, -0.15) is 0 Å². The molecule has 0 saturated heterocycles. The van der Waals surface area contributed by atoms with Gasteiger partial charge in [-0.15, -0.1) is 0 Å². The Hall–Kier alpha value is -0.240. The number of benzene rings is 1. The van der Waals surface area contributed by atoms with Crippen LogP contribution >= 0.6 is 23.2 Å². The largest absolute Gasteiger partial charge is 0.330 e. The van der Waals surface area contributed by atoms with Crippen LogP contribution in [0, 0.1) is 5.92 Å². The van der Waals surface area contributed by atoms with Gasteiger partial charge in [0, 0.05) is 10.0 Å². The van der Waals surface area contributed by atoms with Gasteiger partial charge in [-0.25, -0.2) is 0 Å². The van der Waals surface area contributed by atoms with E-state index in [1.807, 2.05) is 12.1 Å². The molecule has 1 aliphatic rings. The lowest BCUT2D eigenvalue weighted by Crippen LogP contribution is -2.01. The van der Waals surface area contributed by atoms with E-state index >= 15 is 0 Å². The van der Waals surface area contributed by atoms with E-state index in [4.69, 9.17) is 28.9 Å². The molecule has 1 aromatic carbocycles. The Labute approximate surface area is 87.8 Å². The Bertz CT molecular complexity index is 304. The van der Waals surface area contributed by atoms with Gasteiger partial charge in [-0.3, -0.25) is 0 Å².